The normalized spacial score (nSPS) is 10.5. The van der Waals surface area contributed by atoms with Crippen LogP contribution in [0.5, 0.6) is 11.5 Å². The summed E-state index contributed by atoms with van der Waals surface area (Å²) >= 11 is 0. The van der Waals surface area contributed by atoms with Crippen LogP contribution in [0.1, 0.15) is 38.3 Å². The Labute approximate surface area is 199 Å². The lowest BCUT2D eigenvalue weighted by atomic mass is 10.0. The molecule has 0 atom stereocenters. The second-order valence-electron chi connectivity index (χ2n) is 8.03. The van der Waals surface area contributed by atoms with Crippen molar-refractivity contribution in [3.05, 3.63) is 119 Å². The monoisotopic (exact) mass is 453 g/mol. The first-order valence-corrected chi connectivity index (χ1v) is 11.1. The molecular formula is C28H27N3O3. The molecule has 0 saturated heterocycles. The Morgan fingerprint density at radius 2 is 1.68 bits per heavy atom. The summed E-state index contributed by atoms with van der Waals surface area (Å²) in [5, 5.41) is 2.99. The molecule has 1 N–H and O–H groups in total. The molecule has 0 aliphatic rings. The fourth-order valence-electron chi connectivity index (χ4n) is 3.62. The molecular weight excluding hydrogens is 426 g/mol. The molecule has 2 aromatic carbocycles. The van der Waals surface area contributed by atoms with Gasteiger partial charge in [0.15, 0.2) is 0 Å². The second kappa shape index (κ2) is 11.1. The number of hydrogen-bond donors (Lipinski definition) is 1. The number of nitrogens with zero attached hydrogens (tertiary/aromatic N) is 2. The molecule has 0 fully saturated rings. The molecule has 0 radical (unpaired) electrons. The van der Waals surface area contributed by atoms with Gasteiger partial charge in [-0.25, -0.2) is 0 Å². The molecule has 0 unspecified atom stereocenters. The zero-order valence-electron chi connectivity index (χ0n) is 19.3. The molecule has 4 aromatic rings. The highest BCUT2D eigenvalue weighted by Crippen LogP contribution is 2.26. The fourth-order valence-corrected chi connectivity index (χ4v) is 3.62. The number of benzene rings is 2. The smallest absolute Gasteiger partial charge is 0.251 e. The van der Waals surface area contributed by atoms with Crippen LogP contribution in [0.25, 0.3) is 0 Å². The number of carbonyl (C=O) groups excluding carboxylic acids is 1. The third-order valence-electron chi connectivity index (χ3n) is 5.29. The molecule has 0 saturated carbocycles. The predicted octanol–water partition coefficient (Wildman–Crippen LogP) is 5.18. The van der Waals surface area contributed by atoms with Crippen LogP contribution in [0.3, 0.4) is 0 Å². The van der Waals surface area contributed by atoms with Crippen molar-refractivity contribution in [2.75, 3.05) is 0 Å². The van der Waals surface area contributed by atoms with Crippen LogP contribution < -0.4 is 14.8 Å². The van der Waals surface area contributed by atoms with E-state index in [9.17, 15) is 4.79 Å². The van der Waals surface area contributed by atoms with Gasteiger partial charge in [-0.15, -0.1) is 0 Å². The molecule has 0 bridgehead atoms. The molecule has 6 nitrogen and oxygen atoms in total. The van der Waals surface area contributed by atoms with E-state index in [1.54, 1.807) is 18.6 Å². The minimum atomic E-state index is -0.134. The van der Waals surface area contributed by atoms with Gasteiger partial charge < -0.3 is 14.8 Å². The lowest BCUT2D eigenvalue weighted by Gasteiger charge is -2.14. The maximum absolute atomic E-state index is 12.8. The van der Waals surface area contributed by atoms with Crippen molar-refractivity contribution in [3.63, 3.8) is 0 Å². The van der Waals surface area contributed by atoms with E-state index in [0.29, 0.717) is 25.3 Å². The Morgan fingerprint density at radius 1 is 0.853 bits per heavy atom. The second-order valence-corrected chi connectivity index (χ2v) is 8.03. The third kappa shape index (κ3) is 6.19. The summed E-state index contributed by atoms with van der Waals surface area (Å²) in [4.78, 5) is 21.2. The van der Waals surface area contributed by atoms with Gasteiger partial charge in [-0.1, -0.05) is 24.3 Å². The van der Waals surface area contributed by atoms with E-state index < -0.39 is 0 Å². The molecule has 0 aliphatic carbocycles. The lowest BCUT2D eigenvalue weighted by molar-refractivity contribution is 0.0950. The highest BCUT2D eigenvalue weighted by molar-refractivity contribution is 5.94. The van der Waals surface area contributed by atoms with E-state index in [1.807, 2.05) is 80.6 Å². The number of aryl methyl sites for hydroxylation is 2. The van der Waals surface area contributed by atoms with Gasteiger partial charge >= 0.3 is 0 Å². The van der Waals surface area contributed by atoms with Gasteiger partial charge in [-0.05, 0) is 73.0 Å². The summed E-state index contributed by atoms with van der Waals surface area (Å²) < 4.78 is 11.8. The van der Waals surface area contributed by atoms with Gasteiger partial charge in [0.1, 0.15) is 24.7 Å². The zero-order valence-corrected chi connectivity index (χ0v) is 19.3. The minimum absolute atomic E-state index is 0.134. The summed E-state index contributed by atoms with van der Waals surface area (Å²) in [6.07, 6.45) is 5.26. The molecule has 6 heteroatoms. The van der Waals surface area contributed by atoms with Crippen LogP contribution in [0, 0.1) is 13.8 Å². The van der Waals surface area contributed by atoms with E-state index in [2.05, 4.69) is 15.3 Å². The quantitative estimate of drug-likeness (QED) is 0.378. The topological polar surface area (TPSA) is 73.3 Å². The molecule has 1 amide bonds. The van der Waals surface area contributed by atoms with Crippen LogP contribution in [0.15, 0.2) is 85.3 Å². The standard InChI is InChI=1S/C28H27N3O3/c1-20-13-24(14-21(2)27(20)34-18-23-8-6-11-29-16-23)28(32)31-17-22-7-5-10-26(15-22)33-19-25-9-3-4-12-30-25/h3-16H,17-19H2,1-2H3,(H,31,32). The Balaban J connectivity index is 1.34. The molecule has 2 heterocycles. The van der Waals surface area contributed by atoms with Crippen LogP contribution in [0.4, 0.5) is 0 Å². The number of amides is 1. The summed E-state index contributed by atoms with van der Waals surface area (Å²) in [7, 11) is 0. The van der Waals surface area contributed by atoms with Gasteiger partial charge in [0.2, 0.25) is 0 Å². The summed E-state index contributed by atoms with van der Waals surface area (Å²) in [5.74, 6) is 1.39. The Morgan fingerprint density at radius 3 is 2.41 bits per heavy atom. The van der Waals surface area contributed by atoms with Crippen molar-refractivity contribution in [1.82, 2.24) is 15.3 Å². The van der Waals surface area contributed by atoms with E-state index in [1.165, 1.54) is 0 Å². The molecule has 172 valence electrons. The largest absolute Gasteiger partial charge is 0.488 e. The van der Waals surface area contributed by atoms with E-state index in [-0.39, 0.29) is 5.91 Å². The predicted molar refractivity (Wildman–Crippen MR) is 131 cm³/mol. The highest BCUT2D eigenvalue weighted by Gasteiger charge is 2.12. The molecule has 0 aliphatic heterocycles. The number of pyridine rings is 2. The van der Waals surface area contributed by atoms with Crippen LogP contribution in [0.2, 0.25) is 0 Å². The molecule has 34 heavy (non-hydrogen) atoms. The minimum Gasteiger partial charge on any atom is -0.488 e. The zero-order chi connectivity index (χ0) is 23.8. The SMILES string of the molecule is Cc1cc(C(=O)NCc2cccc(OCc3ccccn3)c2)cc(C)c1OCc1cccnc1. The number of carbonyl (C=O) groups is 1. The van der Waals surface area contributed by atoms with E-state index in [0.717, 1.165) is 39.4 Å². The van der Waals surface area contributed by atoms with Crippen LogP contribution in [-0.2, 0) is 19.8 Å². The first kappa shape index (κ1) is 23.0. The van der Waals surface area contributed by atoms with Crippen molar-refractivity contribution in [3.8, 4) is 11.5 Å². The van der Waals surface area contributed by atoms with Gasteiger partial charge in [-0.2, -0.15) is 0 Å². The van der Waals surface area contributed by atoms with Gasteiger partial charge in [0.25, 0.3) is 5.91 Å². The first-order valence-electron chi connectivity index (χ1n) is 11.1. The first-order chi connectivity index (χ1) is 16.6. The van der Waals surface area contributed by atoms with Gasteiger partial charge in [-0.3, -0.25) is 14.8 Å². The van der Waals surface area contributed by atoms with Crippen molar-refractivity contribution in [2.24, 2.45) is 0 Å². The maximum Gasteiger partial charge on any atom is 0.251 e. The van der Waals surface area contributed by atoms with E-state index in [4.69, 9.17) is 9.47 Å². The molecule has 2 aromatic heterocycles. The average molecular weight is 454 g/mol. The van der Waals surface area contributed by atoms with Crippen LogP contribution in [-0.4, -0.2) is 15.9 Å². The Bertz CT molecular complexity index is 1220. The van der Waals surface area contributed by atoms with Crippen LogP contribution >= 0.6 is 0 Å². The van der Waals surface area contributed by atoms with Crippen molar-refractivity contribution >= 4 is 5.91 Å². The summed E-state index contributed by atoms with van der Waals surface area (Å²) in [6, 6.07) is 21.0. The average Bonchev–Trinajstić information content (AvgIpc) is 2.87. The number of aromatic nitrogens is 2. The van der Waals surface area contributed by atoms with Crippen molar-refractivity contribution in [1.29, 1.82) is 0 Å². The third-order valence-corrected chi connectivity index (χ3v) is 5.29. The Hall–Kier alpha value is -4.19. The maximum atomic E-state index is 12.8. The van der Waals surface area contributed by atoms with Gasteiger partial charge in [0.05, 0.1) is 5.69 Å². The van der Waals surface area contributed by atoms with Gasteiger partial charge in [0, 0.05) is 36.3 Å². The number of ether oxygens (including phenoxy) is 2. The fraction of sp³-hybridized carbons (Fsp3) is 0.179. The molecule has 4 rings (SSSR count). The lowest BCUT2D eigenvalue weighted by Crippen LogP contribution is -2.23. The number of nitrogens with one attached hydrogen (secondary N) is 1. The number of hydrogen-bond acceptors (Lipinski definition) is 5. The molecule has 0 spiro atoms. The summed E-state index contributed by atoms with van der Waals surface area (Å²) in [5.41, 5.74) is 5.25. The van der Waals surface area contributed by atoms with E-state index >= 15 is 0 Å². The Kier molecular flexibility index (Phi) is 7.50. The highest BCUT2D eigenvalue weighted by atomic mass is 16.5. The van der Waals surface area contributed by atoms with Crippen molar-refractivity contribution in [2.45, 2.75) is 33.6 Å². The number of rotatable bonds is 9. The van der Waals surface area contributed by atoms with Crippen molar-refractivity contribution < 1.29 is 14.3 Å². The summed E-state index contributed by atoms with van der Waals surface area (Å²) in [6.45, 7) is 5.12.